The number of ether oxygens (including phenoxy) is 2. The molecule has 2 aromatic rings. The highest BCUT2D eigenvalue weighted by Gasteiger charge is 2.46. The molecule has 4 rings (SSSR count). The summed E-state index contributed by atoms with van der Waals surface area (Å²) in [6.07, 6.45) is 0.408. The predicted molar refractivity (Wildman–Crippen MR) is 135 cm³/mol. The summed E-state index contributed by atoms with van der Waals surface area (Å²) in [6.45, 7) is 7.44. The maximum atomic E-state index is 13.6. The third kappa shape index (κ3) is 4.13. The molecule has 0 saturated heterocycles. The molecule has 2 atom stereocenters. The molecular formula is C28H30N2O8. The second-order valence-corrected chi connectivity index (χ2v) is 10.4. The van der Waals surface area contributed by atoms with E-state index in [0.29, 0.717) is 0 Å². The fraction of sp³-hybridized carbons (Fsp3) is 0.429. The zero-order valence-corrected chi connectivity index (χ0v) is 22.2. The minimum atomic E-state index is -1.13. The molecule has 4 amide bonds. The molecule has 10 heteroatoms. The van der Waals surface area contributed by atoms with Crippen molar-refractivity contribution in [3.63, 3.8) is 0 Å². The van der Waals surface area contributed by atoms with Crippen LogP contribution in [-0.4, -0.2) is 71.7 Å². The predicted octanol–water partition coefficient (Wildman–Crippen LogP) is 3.21. The number of carbonyl (C=O) groups is 6. The van der Waals surface area contributed by atoms with Crippen molar-refractivity contribution in [1.29, 1.82) is 0 Å². The first-order chi connectivity index (χ1) is 17.9. The number of methoxy groups -OCH3 is 2. The maximum Gasteiger partial charge on any atom is 0.329 e. The first kappa shape index (κ1) is 27.0. The van der Waals surface area contributed by atoms with Gasteiger partial charge in [0.05, 0.1) is 14.2 Å². The Kier molecular flexibility index (Phi) is 7.10. The first-order valence-electron chi connectivity index (χ1n) is 12.5. The van der Waals surface area contributed by atoms with Gasteiger partial charge < -0.3 is 9.47 Å². The van der Waals surface area contributed by atoms with Crippen LogP contribution in [0.3, 0.4) is 0 Å². The van der Waals surface area contributed by atoms with Crippen molar-refractivity contribution in [3.05, 3.63) is 46.5 Å². The molecule has 0 radical (unpaired) electrons. The standard InChI is InChI=1S/C28H30N2O8/c1-13(2)11-19(27(35)37-5)29-23(31)15-7-9-17-22-18(10-8-16(21(15)22)24(29)32)26(34)30(25(17)33)20(12-14(3)4)28(36)38-6/h7-10,13-14,19-20H,11-12H2,1-6H3/t19-,20-/m0/s1. The van der Waals surface area contributed by atoms with Crippen LogP contribution < -0.4 is 0 Å². The van der Waals surface area contributed by atoms with Crippen LogP contribution in [0.1, 0.15) is 82.0 Å². The molecule has 38 heavy (non-hydrogen) atoms. The van der Waals surface area contributed by atoms with E-state index in [9.17, 15) is 28.8 Å². The second-order valence-electron chi connectivity index (χ2n) is 10.4. The number of amides is 4. The van der Waals surface area contributed by atoms with Gasteiger partial charge in [-0.1, -0.05) is 27.7 Å². The lowest BCUT2D eigenvalue weighted by molar-refractivity contribution is -0.146. The minimum absolute atomic E-state index is 0.0220. The molecule has 0 unspecified atom stereocenters. The summed E-state index contributed by atoms with van der Waals surface area (Å²) in [7, 11) is 2.38. The van der Waals surface area contributed by atoms with Gasteiger partial charge in [-0.3, -0.25) is 29.0 Å². The van der Waals surface area contributed by atoms with E-state index < -0.39 is 47.7 Å². The van der Waals surface area contributed by atoms with E-state index in [-0.39, 0.29) is 57.7 Å². The number of hydrogen-bond donors (Lipinski definition) is 0. The van der Waals surface area contributed by atoms with E-state index in [1.165, 1.54) is 38.5 Å². The molecule has 0 fully saturated rings. The lowest BCUT2D eigenvalue weighted by Gasteiger charge is -2.36. The van der Waals surface area contributed by atoms with Gasteiger partial charge in [-0.05, 0) is 48.9 Å². The van der Waals surface area contributed by atoms with Crippen LogP contribution in [0.25, 0.3) is 10.8 Å². The summed E-state index contributed by atoms with van der Waals surface area (Å²) < 4.78 is 9.78. The van der Waals surface area contributed by atoms with Crippen LogP contribution >= 0.6 is 0 Å². The Morgan fingerprint density at radius 3 is 1.08 bits per heavy atom. The molecule has 0 bridgehead atoms. The third-order valence-corrected chi connectivity index (χ3v) is 6.92. The van der Waals surface area contributed by atoms with Gasteiger partial charge in [-0.25, -0.2) is 9.59 Å². The van der Waals surface area contributed by atoms with Crippen LogP contribution in [0, 0.1) is 11.8 Å². The SMILES string of the molecule is COC(=O)[C@H](CC(C)C)N1C(=O)c2ccc3c4c(ccc(c24)C1=O)C(=O)N([C@@H](CC(C)C)C(=O)OC)C3=O. The van der Waals surface area contributed by atoms with Gasteiger partial charge in [0.15, 0.2) is 0 Å². The number of carbonyl (C=O) groups excluding carboxylic acids is 6. The van der Waals surface area contributed by atoms with Crippen LogP contribution in [0.2, 0.25) is 0 Å². The highest BCUT2D eigenvalue weighted by Crippen LogP contribution is 2.39. The van der Waals surface area contributed by atoms with Gasteiger partial charge in [0.2, 0.25) is 0 Å². The van der Waals surface area contributed by atoms with Gasteiger partial charge in [0, 0.05) is 33.0 Å². The highest BCUT2D eigenvalue weighted by molar-refractivity contribution is 6.34. The molecule has 0 saturated carbocycles. The molecule has 0 N–H and O–H groups in total. The fourth-order valence-corrected chi connectivity index (χ4v) is 5.26. The minimum Gasteiger partial charge on any atom is -0.467 e. The summed E-state index contributed by atoms with van der Waals surface area (Å²) in [4.78, 5) is 81.5. The second kappa shape index (κ2) is 10.00. The molecule has 0 aliphatic carbocycles. The van der Waals surface area contributed by atoms with Crippen molar-refractivity contribution < 1.29 is 38.2 Å². The lowest BCUT2D eigenvalue weighted by Crippen LogP contribution is -2.53. The normalized spacial score (nSPS) is 16.4. The van der Waals surface area contributed by atoms with Crippen molar-refractivity contribution in [2.24, 2.45) is 11.8 Å². The van der Waals surface area contributed by atoms with Crippen LogP contribution in [0.4, 0.5) is 0 Å². The van der Waals surface area contributed by atoms with Gasteiger partial charge in [-0.15, -0.1) is 0 Å². The first-order valence-corrected chi connectivity index (χ1v) is 12.5. The number of esters is 2. The van der Waals surface area contributed by atoms with E-state index >= 15 is 0 Å². The van der Waals surface area contributed by atoms with E-state index in [1.807, 2.05) is 27.7 Å². The topological polar surface area (TPSA) is 127 Å². The maximum absolute atomic E-state index is 13.6. The quantitative estimate of drug-likeness (QED) is 0.382. The number of nitrogens with zero attached hydrogens (tertiary/aromatic N) is 2. The molecule has 200 valence electrons. The van der Waals surface area contributed by atoms with Crippen LogP contribution in [-0.2, 0) is 19.1 Å². The Bertz CT molecular complexity index is 1220. The molecule has 2 aromatic carbocycles. The Balaban J connectivity index is 1.89. The Hall–Kier alpha value is -4.08. The van der Waals surface area contributed by atoms with E-state index in [4.69, 9.17) is 9.47 Å². The summed E-state index contributed by atoms with van der Waals surface area (Å²) in [5.74, 6) is -4.32. The molecule has 2 heterocycles. The average Bonchev–Trinajstić information content (AvgIpc) is 2.87. The van der Waals surface area contributed by atoms with Crippen molar-refractivity contribution >= 4 is 46.3 Å². The van der Waals surface area contributed by atoms with Crippen molar-refractivity contribution in [2.75, 3.05) is 14.2 Å². The molecule has 0 spiro atoms. The largest absolute Gasteiger partial charge is 0.467 e. The summed E-state index contributed by atoms with van der Waals surface area (Å²) >= 11 is 0. The van der Waals surface area contributed by atoms with E-state index in [2.05, 4.69) is 0 Å². The zero-order valence-electron chi connectivity index (χ0n) is 22.2. The van der Waals surface area contributed by atoms with Gasteiger partial charge in [0.25, 0.3) is 23.6 Å². The third-order valence-electron chi connectivity index (χ3n) is 6.92. The summed E-state index contributed by atoms with van der Waals surface area (Å²) in [5.41, 5.74) is 0.384. The zero-order chi connectivity index (χ0) is 28.0. The Labute approximate surface area is 219 Å². The Morgan fingerprint density at radius 1 is 0.605 bits per heavy atom. The lowest BCUT2D eigenvalue weighted by atomic mass is 9.84. The van der Waals surface area contributed by atoms with Crippen molar-refractivity contribution in [3.8, 4) is 0 Å². The average molecular weight is 523 g/mol. The molecular weight excluding hydrogens is 492 g/mol. The van der Waals surface area contributed by atoms with E-state index in [0.717, 1.165) is 9.80 Å². The molecule has 2 aliphatic heterocycles. The molecule has 2 aliphatic rings. The Morgan fingerprint density at radius 2 is 0.868 bits per heavy atom. The number of rotatable bonds is 8. The highest BCUT2D eigenvalue weighted by atomic mass is 16.5. The monoisotopic (exact) mass is 522 g/mol. The van der Waals surface area contributed by atoms with Gasteiger partial charge in [-0.2, -0.15) is 0 Å². The van der Waals surface area contributed by atoms with Gasteiger partial charge in [0.1, 0.15) is 12.1 Å². The number of hydrogen-bond acceptors (Lipinski definition) is 8. The number of benzene rings is 2. The summed E-state index contributed by atoms with van der Waals surface area (Å²) in [6, 6.07) is 3.39. The number of imide groups is 2. The van der Waals surface area contributed by atoms with Crippen molar-refractivity contribution in [2.45, 2.75) is 52.6 Å². The fourth-order valence-electron chi connectivity index (χ4n) is 5.26. The van der Waals surface area contributed by atoms with Crippen LogP contribution in [0.5, 0.6) is 0 Å². The summed E-state index contributed by atoms with van der Waals surface area (Å²) in [5, 5.41) is 0.360. The van der Waals surface area contributed by atoms with E-state index in [1.54, 1.807) is 0 Å². The van der Waals surface area contributed by atoms with Crippen molar-refractivity contribution in [1.82, 2.24) is 9.80 Å². The molecule has 10 nitrogen and oxygen atoms in total. The molecule has 0 aromatic heterocycles. The van der Waals surface area contributed by atoms with Gasteiger partial charge >= 0.3 is 11.9 Å². The smallest absolute Gasteiger partial charge is 0.329 e. The van der Waals surface area contributed by atoms with Crippen LogP contribution in [0.15, 0.2) is 24.3 Å².